The van der Waals surface area contributed by atoms with Gasteiger partial charge in [0.1, 0.15) is 0 Å². The van der Waals surface area contributed by atoms with Crippen LogP contribution in [0.25, 0.3) is 0 Å². The van der Waals surface area contributed by atoms with Gasteiger partial charge in [-0.05, 0) is 17.7 Å². The Morgan fingerprint density at radius 2 is 1.85 bits per heavy atom. The maximum atomic E-state index is 11.6. The summed E-state index contributed by atoms with van der Waals surface area (Å²) >= 11 is 3.36. The van der Waals surface area contributed by atoms with E-state index in [0.717, 1.165) is 10.0 Å². The topological polar surface area (TPSA) is 45.3 Å². The number of hydrazone groups is 1. The number of nitrogens with one attached hydrogen (secondary N) is 1. The Hall–Kier alpha value is -1.72. The largest absolute Gasteiger partial charge is 1.00 e. The van der Waals surface area contributed by atoms with Crippen LogP contribution in [0.5, 0.6) is 0 Å². The normalized spacial score (nSPS) is 10.1. The second-order valence-corrected chi connectivity index (χ2v) is 4.81. The van der Waals surface area contributed by atoms with Gasteiger partial charge in [-0.3, -0.25) is 4.79 Å². The smallest absolute Gasteiger partial charge is 0.305 e. The molecular weight excluding hydrogens is 342 g/mol. The lowest BCUT2D eigenvalue weighted by Gasteiger charge is -1.96. The van der Waals surface area contributed by atoms with Crippen molar-refractivity contribution in [2.45, 2.75) is 6.54 Å². The first-order chi connectivity index (χ1) is 9.24. The molecule has 104 valence electrons. The van der Waals surface area contributed by atoms with E-state index in [1.54, 1.807) is 10.8 Å². The standard InChI is InChI=1S/C14H12BrN3O.ClH/c15-13-6-4-12(5-7-13)10-16-17-14(19)11-18-8-2-1-3-9-18;/h1-10H,11H2;1H/b16-10+;. The van der Waals surface area contributed by atoms with Gasteiger partial charge in [-0.2, -0.15) is 9.67 Å². The Labute approximate surface area is 132 Å². The van der Waals surface area contributed by atoms with Crippen LogP contribution < -0.4 is 22.4 Å². The highest BCUT2D eigenvalue weighted by Crippen LogP contribution is 2.08. The first-order valence-corrected chi connectivity index (χ1v) is 6.55. The maximum Gasteiger partial charge on any atom is 0.305 e. The van der Waals surface area contributed by atoms with E-state index >= 15 is 0 Å². The van der Waals surface area contributed by atoms with Crippen molar-refractivity contribution in [3.63, 3.8) is 0 Å². The van der Waals surface area contributed by atoms with Crippen LogP contribution in [0.2, 0.25) is 0 Å². The molecule has 6 heteroatoms. The quantitative estimate of drug-likeness (QED) is 0.422. The van der Waals surface area contributed by atoms with Crippen LogP contribution in [0.3, 0.4) is 0 Å². The summed E-state index contributed by atoms with van der Waals surface area (Å²) in [5, 5.41) is 3.91. The maximum absolute atomic E-state index is 11.6. The number of hydrogen-bond acceptors (Lipinski definition) is 2. The second-order valence-electron chi connectivity index (χ2n) is 3.89. The van der Waals surface area contributed by atoms with Crippen LogP contribution in [0.4, 0.5) is 0 Å². The van der Waals surface area contributed by atoms with Gasteiger partial charge in [0.05, 0.1) is 6.21 Å². The molecule has 2 rings (SSSR count). The molecule has 1 aromatic heterocycles. The van der Waals surface area contributed by atoms with E-state index in [-0.39, 0.29) is 24.9 Å². The van der Waals surface area contributed by atoms with Crippen molar-refractivity contribution in [3.05, 3.63) is 64.9 Å². The van der Waals surface area contributed by atoms with Gasteiger partial charge in [0.25, 0.3) is 0 Å². The first kappa shape index (κ1) is 16.3. The van der Waals surface area contributed by atoms with Gasteiger partial charge in [0, 0.05) is 16.6 Å². The van der Waals surface area contributed by atoms with Crippen molar-refractivity contribution >= 4 is 28.1 Å². The lowest BCUT2D eigenvalue weighted by molar-refractivity contribution is -0.684. The number of nitrogens with zero attached hydrogens (tertiary/aromatic N) is 2. The Bertz CT molecular complexity index is 573. The molecule has 0 saturated carbocycles. The summed E-state index contributed by atoms with van der Waals surface area (Å²) in [6.07, 6.45) is 5.27. The highest BCUT2D eigenvalue weighted by atomic mass is 79.9. The summed E-state index contributed by atoms with van der Waals surface area (Å²) < 4.78 is 2.79. The number of rotatable bonds is 4. The average Bonchev–Trinajstić information content (AvgIpc) is 2.42. The van der Waals surface area contributed by atoms with Crippen molar-refractivity contribution in [1.29, 1.82) is 0 Å². The van der Waals surface area contributed by atoms with E-state index in [1.807, 2.05) is 54.9 Å². The minimum absolute atomic E-state index is 0. The number of carbonyl (C=O) groups excluding carboxylic acids is 1. The van der Waals surface area contributed by atoms with Gasteiger partial charge in [-0.15, -0.1) is 0 Å². The molecule has 0 saturated heterocycles. The molecule has 20 heavy (non-hydrogen) atoms. The molecule has 0 spiro atoms. The molecule has 1 N–H and O–H groups in total. The summed E-state index contributed by atoms with van der Waals surface area (Å²) in [6.45, 7) is 0.249. The summed E-state index contributed by atoms with van der Waals surface area (Å²) in [5.74, 6) is -0.162. The van der Waals surface area contributed by atoms with Gasteiger partial charge in [-0.25, -0.2) is 5.43 Å². The van der Waals surface area contributed by atoms with E-state index in [4.69, 9.17) is 0 Å². The number of pyridine rings is 1. The number of amides is 1. The molecule has 0 atom stereocenters. The fourth-order valence-corrected chi connectivity index (χ4v) is 1.73. The van der Waals surface area contributed by atoms with E-state index in [0.29, 0.717) is 0 Å². The first-order valence-electron chi connectivity index (χ1n) is 5.75. The molecule has 0 aliphatic rings. The number of carbonyl (C=O) groups is 1. The summed E-state index contributed by atoms with van der Waals surface area (Å²) in [5.41, 5.74) is 3.42. The van der Waals surface area contributed by atoms with Crippen molar-refractivity contribution in [1.82, 2.24) is 5.43 Å². The Morgan fingerprint density at radius 1 is 1.20 bits per heavy atom. The molecule has 0 bridgehead atoms. The van der Waals surface area contributed by atoms with Crippen molar-refractivity contribution < 1.29 is 21.8 Å². The number of halogens is 2. The van der Waals surface area contributed by atoms with E-state index in [2.05, 4.69) is 26.5 Å². The van der Waals surface area contributed by atoms with Crippen LogP contribution in [0.15, 0.2) is 64.4 Å². The van der Waals surface area contributed by atoms with Gasteiger partial charge in [-0.1, -0.05) is 34.1 Å². The van der Waals surface area contributed by atoms with Gasteiger partial charge >= 0.3 is 5.91 Å². The number of benzene rings is 1. The Kier molecular flexibility index (Phi) is 6.90. The van der Waals surface area contributed by atoms with E-state index in [9.17, 15) is 4.79 Å². The molecule has 0 unspecified atom stereocenters. The fraction of sp³-hybridized carbons (Fsp3) is 0.0714. The van der Waals surface area contributed by atoms with Crippen LogP contribution in [0.1, 0.15) is 5.56 Å². The highest BCUT2D eigenvalue weighted by Gasteiger charge is 2.06. The van der Waals surface area contributed by atoms with Crippen molar-refractivity contribution in [2.75, 3.05) is 0 Å². The molecule has 0 radical (unpaired) electrons. The predicted octanol–water partition coefficient (Wildman–Crippen LogP) is -1.11. The molecule has 0 fully saturated rings. The second kappa shape index (κ2) is 8.45. The molecule has 2 aromatic rings. The molecule has 0 aliphatic carbocycles. The van der Waals surface area contributed by atoms with E-state index < -0.39 is 0 Å². The third kappa shape index (κ3) is 5.50. The molecule has 0 aliphatic heterocycles. The molecule has 1 aromatic carbocycles. The van der Waals surface area contributed by atoms with Crippen LogP contribution in [-0.4, -0.2) is 12.1 Å². The van der Waals surface area contributed by atoms with Crippen molar-refractivity contribution in [2.24, 2.45) is 5.10 Å². The Morgan fingerprint density at radius 3 is 2.50 bits per heavy atom. The minimum atomic E-state index is -0.162. The lowest BCUT2D eigenvalue weighted by Crippen LogP contribution is -3.00. The van der Waals surface area contributed by atoms with Gasteiger partial charge < -0.3 is 12.4 Å². The number of hydrogen-bond donors (Lipinski definition) is 1. The third-order valence-electron chi connectivity index (χ3n) is 2.38. The van der Waals surface area contributed by atoms with Gasteiger partial charge in [0.15, 0.2) is 12.4 Å². The SMILES string of the molecule is O=C(C[n+]1ccccc1)N/N=C/c1ccc(Br)cc1.[Cl-]. The fourth-order valence-electron chi connectivity index (χ4n) is 1.47. The van der Waals surface area contributed by atoms with Crippen LogP contribution in [0, 0.1) is 0 Å². The van der Waals surface area contributed by atoms with E-state index in [1.165, 1.54) is 0 Å². The monoisotopic (exact) mass is 353 g/mol. The zero-order chi connectivity index (χ0) is 13.5. The van der Waals surface area contributed by atoms with Crippen molar-refractivity contribution in [3.8, 4) is 0 Å². The van der Waals surface area contributed by atoms with Crippen LogP contribution in [-0.2, 0) is 11.3 Å². The van der Waals surface area contributed by atoms with Gasteiger partial charge in [0.2, 0.25) is 6.54 Å². The predicted molar refractivity (Wildman–Crippen MR) is 76.5 cm³/mol. The zero-order valence-corrected chi connectivity index (χ0v) is 12.9. The summed E-state index contributed by atoms with van der Waals surface area (Å²) in [6, 6.07) is 13.3. The summed E-state index contributed by atoms with van der Waals surface area (Å²) in [4.78, 5) is 11.6. The molecule has 4 nitrogen and oxygen atoms in total. The highest BCUT2D eigenvalue weighted by molar-refractivity contribution is 9.10. The minimum Gasteiger partial charge on any atom is -1.00 e. The molecule has 1 amide bonds. The summed E-state index contributed by atoms with van der Waals surface area (Å²) in [7, 11) is 0. The molecule has 1 heterocycles. The lowest BCUT2D eigenvalue weighted by atomic mass is 10.2. The average molecular weight is 355 g/mol. The van der Waals surface area contributed by atoms with Crippen LogP contribution >= 0.6 is 15.9 Å². The number of aromatic nitrogens is 1. The third-order valence-corrected chi connectivity index (χ3v) is 2.91. The zero-order valence-electron chi connectivity index (χ0n) is 10.5. The Balaban J connectivity index is 0.00000200. The molecular formula is C14H13BrClN3O.